The van der Waals surface area contributed by atoms with Gasteiger partial charge in [-0.3, -0.25) is 13.9 Å². The van der Waals surface area contributed by atoms with Crippen molar-refractivity contribution in [3.8, 4) is 0 Å². The molecule has 1 N–H and O–H groups in total. The topological polar surface area (TPSA) is 86.8 Å². The number of carbonyl (C=O) groups is 2. The average Bonchev–Trinajstić information content (AvgIpc) is 2.99. The van der Waals surface area contributed by atoms with Gasteiger partial charge in [-0.1, -0.05) is 93.8 Å². The molecule has 0 saturated carbocycles. The molecular formula is C35H38BrN3O4S. The van der Waals surface area contributed by atoms with E-state index in [0.29, 0.717) is 12.2 Å². The van der Waals surface area contributed by atoms with Crippen LogP contribution in [0.25, 0.3) is 0 Å². The summed E-state index contributed by atoms with van der Waals surface area (Å²) < 4.78 is 30.5. The molecule has 1 atom stereocenters. The zero-order valence-corrected chi connectivity index (χ0v) is 27.9. The number of sulfonamides is 1. The molecule has 230 valence electrons. The molecule has 0 spiro atoms. The van der Waals surface area contributed by atoms with Gasteiger partial charge in [-0.2, -0.15) is 0 Å². The molecule has 2 amide bonds. The van der Waals surface area contributed by atoms with E-state index in [1.807, 2.05) is 94.4 Å². The molecule has 0 aliphatic carbocycles. The number of aryl methyl sites for hydroxylation is 3. The smallest absolute Gasteiger partial charge is 0.264 e. The number of halogens is 1. The molecule has 4 aromatic carbocycles. The lowest BCUT2D eigenvalue weighted by atomic mass is 10.0. The van der Waals surface area contributed by atoms with Crippen LogP contribution in [0, 0.1) is 20.8 Å². The molecule has 0 unspecified atom stereocenters. The van der Waals surface area contributed by atoms with Crippen LogP contribution in [0.4, 0.5) is 5.69 Å². The van der Waals surface area contributed by atoms with Crippen molar-refractivity contribution in [1.29, 1.82) is 0 Å². The first kappa shape index (κ1) is 33.0. The van der Waals surface area contributed by atoms with E-state index in [1.54, 1.807) is 30.3 Å². The van der Waals surface area contributed by atoms with Crippen molar-refractivity contribution in [1.82, 2.24) is 10.2 Å². The Balaban J connectivity index is 1.81. The Morgan fingerprint density at radius 1 is 0.818 bits per heavy atom. The van der Waals surface area contributed by atoms with E-state index in [2.05, 4.69) is 21.2 Å². The highest BCUT2D eigenvalue weighted by molar-refractivity contribution is 9.10. The number of nitrogens with zero attached hydrogens (tertiary/aromatic N) is 2. The maximum atomic E-state index is 14.5. The molecule has 0 saturated heterocycles. The van der Waals surface area contributed by atoms with Crippen LogP contribution >= 0.6 is 15.9 Å². The van der Waals surface area contributed by atoms with Gasteiger partial charge in [-0.05, 0) is 74.7 Å². The van der Waals surface area contributed by atoms with Crippen molar-refractivity contribution in [2.24, 2.45) is 0 Å². The molecule has 7 nitrogen and oxygen atoms in total. The molecule has 0 aliphatic rings. The fourth-order valence-corrected chi connectivity index (χ4v) is 6.81. The second-order valence-electron chi connectivity index (χ2n) is 10.9. The molecule has 4 aromatic rings. The highest BCUT2D eigenvalue weighted by Crippen LogP contribution is 2.29. The second kappa shape index (κ2) is 14.7. The molecule has 0 fully saturated rings. The quantitative estimate of drug-likeness (QED) is 0.190. The summed E-state index contributed by atoms with van der Waals surface area (Å²) in [4.78, 5) is 29.7. The van der Waals surface area contributed by atoms with E-state index in [0.717, 1.165) is 32.3 Å². The first-order valence-electron chi connectivity index (χ1n) is 14.5. The maximum Gasteiger partial charge on any atom is 0.264 e. The number of amides is 2. The van der Waals surface area contributed by atoms with E-state index in [9.17, 15) is 18.0 Å². The normalized spacial score (nSPS) is 11.9. The van der Waals surface area contributed by atoms with Crippen LogP contribution in [0.15, 0.2) is 106 Å². The van der Waals surface area contributed by atoms with Gasteiger partial charge in [0.25, 0.3) is 10.0 Å². The second-order valence-corrected chi connectivity index (χ2v) is 13.6. The van der Waals surface area contributed by atoms with E-state index in [1.165, 1.54) is 9.21 Å². The molecule has 0 heterocycles. The standard InChI is InChI=1S/C35H38BrN3O4S/c1-5-37-35(41)33(22-28-9-7-6-8-10-28)38(23-29-14-16-30(36)17-15-29)34(40)24-39(32-20-13-26(3)21-27(32)4)44(42,43)31-18-11-25(2)12-19-31/h6-21,33H,5,22-24H2,1-4H3,(H,37,41)/t33-/m0/s1. The maximum absolute atomic E-state index is 14.5. The van der Waals surface area contributed by atoms with Crippen molar-refractivity contribution < 1.29 is 18.0 Å². The number of hydrogen-bond acceptors (Lipinski definition) is 4. The van der Waals surface area contributed by atoms with Gasteiger partial charge < -0.3 is 10.2 Å². The van der Waals surface area contributed by atoms with Gasteiger partial charge in [0.2, 0.25) is 11.8 Å². The number of carbonyl (C=O) groups excluding carboxylic acids is 2. The lowest BCUT2D eigenvalue weighted by molar-refractivity contribution is -0.140. The van der Waals surface area contributed by atoms with Gasteiger partial charge in [0.15, 0.2) is 0 Å². The minimum Gasteiger partial charge on any atom is -0.355 e. The Morgan fingerprint density at radius 2 is 1.45 bits per heavy atom. The average molecular weight is 677 g/mol. The van der Waals surface area contributed by atoms with Crippen LogP contribution in [-0.4, -0.2) is 44.3 Å². The Labute approximate surface area is 269 Å². The number of anilines is 1. The van der Waals surface area contributed by atoms with Crippen molar-refractivity contribution in [3.05, 3.63) is 129 Å². The lowest BCUT2D eigenvalue weighted by Crippen LogP contribution is -2.53. The SMILES string of the molecule is CCNC(=O)[C@H](Cc1ccccc1)N(Cc1ccc(Br)cc1)C(=O)CN(c1ccc(C)cc1C)S(=O)(=O)c1ccc(C)cc1. The van der Waals surface area contributed by atoms with Crippen molar-refractivity contribution in [2.75, 3.05) is 17.4 Å². The summed E-state index contributed by atoms with van der Waals surface area (Å²) in [5.74, 6) is -0.794. The molecule has 0 radical (unpaired) electrons. The van der Waals surface area contributed by atoms with Crippen LogP contribution < -0.4 is 9.62 Å². The number of hydrogen-bond donors (Lipinski definition) is 1. The summed E-state index contributed by atoms with van der Waals surface area (Å²) in [7, 11) is -4.15. The minimum atomic E-state index is -4.15. The highest BCUT2D eigenvalue weighted by Gasteiger charge is 2.35. The van der Waals surface area contributed by atoms with Crippen LogP contribution in [0.2, 0.25) is 0 Å². The van der Waals surface area contributed by atoms with Gasteiger partial charge >= 0.3 is 0 Å². The zero-order valence-electron chi connectivity index (χ0n) is 25.5. The van der Waals surface area contributed by atoms with Crippen molar-refractivity contribution >= 4 is 43.5 Å². The van der Waals surface area contributed by atoms with Crippen molar-refractivity contribution in [3.63, 3.8) is 0 Å². The predicted molar refractivity (Wildman–Crippen MR) is 179 cm³/mol. The van der Waals surface area contributed by atoms with Gasteiger partial charge in [0.05, 0.1) is 10.6 Å². The Bertz CT molecular complexity index is 1690. The molecule has 44 heavy (non-hydrogen) atoms. The number of nitrogens with one attached hydrogen (secondary N) is 1. The third-order valence-electron chi connectivity index (χ3n) is 7.40. The minimum absolute atomic E-state index is 0.0832. The van der Waals surface area contributed by atoms with Crippen LogP contribution in [0.1, 0.15) is 34.7 Å². The molecule has 0 aliphatic heterocycles. The predicted octanol–water partition coefficient (Wildman–Crippen LogP) is 6.35. The summed E-state index contributed by atoms with van der Waals surface area (Å²) in [5, 5.41) is 2.89. The third kappa shape index (κ3) is 8.15. The van der Waals surface area contributed by atoms with E-state index >= 15 is 0 Å². The summed E-state index contributed by atoms with van der Waals surface area (Å²) in [6.45, 7) is 7.50. The molecular weight excluding hydrogens is 638 g/mol. The van der Waals surface area contributed by atoms with E-state index in [4.69, 9.17) is 0 Å². The summed E-state index contributed by atoms with van der Waals surface area (Å²) in [6, 6.07) is 28.2. The Morgan fingerprint density at radius 3 is 2.07 bits per heavy atom. The van der Waals surface area contributed by atoms with Crippen LogP contribution in [0.5, 0.6) is 0 Å². The van der Waals surface area contributed by atoms with E-state index in [-0.39, 0.29) is 23.8 Å². The largest absolute Gasteiger partial charge is 0.355 e. The number of benzene rings is 4. The Hall–Kier alpha value is -3.95. The van der Waals surface area contributed by atoms with Gasteiger partial charge in [-0.25, -0.2) is 8.42 Å². The van der Waals surface area contributed by atoms with Crippen LogP contribution in [-0.2, 0) is 32.6 Å². The lowest BCUT2D eigenvalue weighted by Gasteiger charge is -2.34. The first-order valence-corrected chi connectivity index (χ1v) is 16.7. The number of rotatable bonds is 12. The molecule has 0 bridgehead atoms. The third-order valence-corrected chi connectivity index (χ3v) is 9.70. The highest BCUT2D eigenvalue weighted by atomic mass is 79.9. The van der Waals surface area contributed by atoms with Gasteiger partial charge in [0, 0.05) is 24.0 Å². The van der Waals surface area contributed by atoms with E-state index < -0.39 is 28.5 Å². The van der Waals surface area contributed by atoms with Crippen LogP contribution in [0.3, 0.4) is 0 Å². The summed E-state index contributed by atoms with van der Waals surface area (Å²) >= 11 is 3.46. The summed E-state index contributed by atoms with van der Waals surface area (Å²) in [6.07, 6.45) is 0.267. The van der Waals surface area contributed by atoms with Gasteiger partial charge in [-0.15, -0.1) is 0 Å². The molecule has 0 aromatic heterocycles. The molecule has 9 heteroatoms. The monoisotopic (exact) mass is 675 g/mol. The Kier molecular flexibility index (Phi) is 11.0. The fraction of sp³-hybridized carbons (Fsp3) is 0.257. The van der Waals surface area contributed by atoms with Crippen molar-refractivity contribution in [2.45, 2.75) is 51.6 Å². The number of likely N-dealkylation sites (N-methyl/N-ethyl adjacent to an activating group) is 1. The summed E-state index contributed by atoms with van der Waals surface area (Å²) in [5.41, 5.74) is 4.72. The fourth-order valence-electron chi connectivity index (χ4n) is 5.07. The zero-order chi connectivity index (χ0) is 31.9. The molecule has 4 rings (SSSR count). The first-order chi connectivity index (χ1) is 21.0. The van der Waals surface area contributed by atoms with Gasteiger partial charge in [0.1, 0.15) is 12.6 Å².